The summed E-state index contributed by atoms with van der Waals surface area (Å²) < 4.78 is 0. The lowest BCUT2D eigenvalue weighted by Gasteiger charge is -2.42. The molecule has 0 unspecified atom stereocenters. The summed E-state index contributed by atoms with van der Waals surface area (Å²) >= 11 is 0. The Labute approximate surface area is 108 Å². The zero-order valence-corrected chi connectivity index (χ0v) is 12.4. The van der Waals surface area contributed by atoms with Gasteiger partial charge < -0.3 is 5.11 Å². The van der Waals surface area contributed by atoms with Gasteiger partial charge in [-0.2, -0.15) is 0 Å². The monoisotopic (exact) mass is 240 g/mol. The lowest BCUT2D eigenvalue weighted by Crippen LogP contribution is -2.38. The van der Waals surface area contributed by atoms with Gasteiger partial charge in [-0.3, -0.25) is 0 Å². The van der Waals surface area contributed by atoms with Gasteiger partial charge in [0, 0.05) is 0 Å². The Hall–Kier alpha value is -0.0400. The number of rotatable bonds is 6. The SMILES string of the molecule is CCCCCC1(O)CCC(C(C)(C)CC)CC1. The Morgan fingerprint density at radius 3 is 2.18 bits per heavy atom. The van der Waals surface area contributed by atoms with Crippen LogP contribution in [-0.4, -0.2) is 10.7 Å². The van der Waals surface area contributed by atoms with Crippen LogP contribution in [0.15, 0.2) is 0 Å². The number of aliphatic hydroxyl groups is 1. The summed E-state index contributed by atoms with van der Waals surface area (Å²) in [6.45, 7) is 9.30. The van der Waals surface area contributed by atoms with Crippen LogP contribution in [0.1, 0.15) is 85.5 Å². The maximum absolute atomic E-state index is 10.6. The molecule has 1 fully saturated rings. The van der Waals surface area contributed by atoms with Crippen LogP contribution in [0, 0.1) is 11.3 Å². The van der Waals surface area contributed by atoms with E-state index >= 15 is 0 Å². The third-order valence-corrected chi connectivity index (χ3v) is 5.18. The first-order valence-corrected chi connectivity index (χ1v) is 7.66. The Bertz CT molecular complexity index is 212. The first-order chi connectivity index (χ1) is 7.93. The average Bonchev–Trinajstić information content (AvgIpc) is 2.30. The van der Waals surface area contributed by atoms with E-state index in [2.05, 4.69) is 27.7 Å². The highest BCUT2D eigenvalue weighted by atomic mass is 16.3. The lowest BCUT2D eigenvalue weighted by molar-refractivity contribution is -0.0356. The molecule has 0 amide bonds. The second-order valence-electron chi connectivity index (χ2n) is 6.80. The molecule has 0 spiro atoms. The van der Waals surface area contributed by atoms with Gasteiger partial charge in [0.1, 0.15) is 0 Å². The fraction of sp³-hybridized carbons (Fsp3) is 1.00. The highest BCUT2D eigenvalue weighted by molar-refractivity contribution is 4.89. The predicted octanol–water partition coefficient (Wildman–Crippen LogP) is 4.92. The smallest absolute Gasteiger partial charge is 0.0648 e. The molecule has 0 aromatic carbocycles. The number of hydrogen-bond donors (Lipinski definition) is 1. The largest absolute Gasteiger partial charge is 0.390 e. The topological polar surface area (TPSA) is 20.2 Å². The first-order valence-electron chi connectivity index (χ1n) is 7.66. The molecule has 102 valence electrons. The maximum Gasteiger partial charge on any atom is 0.0648 e. The minimum absolute atomic E-state index is 0.324. The summed E-state index contributed by atoms with van der Waals surface area (Å²) in [5, 5.41) is 10.6. The van der Waals surface area contributed by atoms with Crippen molar-refractivity contribution < 1.29 is 5.11 Å². The molecule has 1 aliphatic carbocycles. The van der Waals surface area contributed by atoms with Gasteiger partial charge >= 0.3 is 0 Å². The van der Waals surface area contributed by atoms with Crippen LogP contribution in [0.4, 0.5) is 0 Å². The Kier molecular flexibility index (Phi) is 5.50. The summed E-state index contributed by atoms with van der Waals surface area (Å²) in [5.41, 5.74) is 0.139. The molecule has 0 heterocycles. The van der Waals surface area contributed by atoms with Crippen molar-refractivity contribution in [2.75, 3.05) is 0 Å². The number of unbranched alkanes of at least 4 members (excludes halogenated alkanes) is 2. The third-order valence-electron chi connectivity index (χ3n) is 5.18. The molecule has 1 heteroatoms. The van der Waals surface area contributed by atoms with Crippen LogP contribution in [0.5, 0.6) is 0 Å². The second kappa shape index (κ2) is 6.22. The highest BCUT2D eigenvalue weighted by Gasteiger charge is 2.37. The van der Waals surface area contributed by atoms with Gasteiger partial charge in [-0.15, -0.1) is 0 Å². The molecule has 0 saturated heterocycles. The molecule has 1 nitrogen and oxygen atoms in total. The fourth-order valence-electron chi connectivity index (χ4n) is 3.18. The Morgan fingerprint density at radius 2 is 1.71 bits per heavy atom. The fourth-order valence-corrected chi connectivity index (χ4v) is 3.18. The highest BCUT2D eigenvalue weighted by Crippen LogP contribution is 2.44. The van der Waals surface area contributed by atoms with Crippen LogP contribution in [0.3, 0.4) is 0 Å². The van der Waals surface area contributed by atoms with Crippen molar-refractivity contribution in [3.05, 3.63) is 0 Å². The van der Waals surface area contributed by atoms with Crippen molar-refractivity contribution in [3.8, 4) is 0 Å². The zero-order valence-electron chi connectivity index (χ0n) is 12.4. The molecule has 1 aliphatic rings. The molecule has 0 radical (unpaired) electrons. The summed E-state index contributed by atoms with van der Waals surface area (Å²) in [4.78, 5) is 0. The maximum atomic E-state index is 10.6. The van der Waals surface area contributed by atoms with Crippen LogP contribution in [-0.2, 0) is 0 Å². The summed E-state index contributed by atoms with van der Waals surface area (Å²) in [5.74, 6) is 0.818. The number of hydrogen-bond acceptors (Lipinski definition) is 1. The van der Waals surface area contributed by atoms with E-state index < -0.39 is 0 Å². The summed E-state index contributed by atoms with van der Waals surface area (Å²) in [6.07, 6.45) is 10.5. The van der Waals surface area contributed by atoms with Crippen molar-refractivity contribution in [2.45, 2.75) is 91.1 Å². The van der Waals surface area contributed by atoms with E-state index in [1.807, 2.05) is 0 Å². The lowest BCUT2D eigenvalue weighted by atomic mass is 9.65. The van der Waals surface area contributed by atoms with E-state index in [9.17, 15) is 5.11 Å². The van der Waals surface area contributed by atoms with Crippen molar-refractivity contribution in [1.82, 2.24) is 0 Å². The normalized spacial score (nSPS) is 30.5. The zero-order chi connectivity index (χ0) is 12.9. The van der Waals surface area contributed by atoms with Crippen LogP contribution < -0.4 is 0 Å². The Balaban J connectivity index is 2.38. The van der Waals surface area contributed by atoms with E-state index in [-0.39, 0.29) is 5.60 Å². The third kappa shape index (κ3) is 4.28. The van der Waals surface area contributed by atoms with Crippen molar-refractivity contribution in [1.29, 1.82) is 0 Å². The van der Waals surface area contributed by atoms with Gasteiger partial charge in [0.05, 0.1) is 5.60 Å². The molecule has 1 N–H and O–H groups in total. The van der Waals surface area contributed by atoms with Crippen molar-refractivity contribution in [3.63, 3.8) is 0 Å². The summed E-state index contributed by atoms with van der Waals surface area (Å²) in [7, 11) is 0. The molecule has 0 aromatic rings. The molecule has 1 rings (SSSR count). The van der Waals surface area contributed by atoms with Crippen LogP contribution in [0.25, 0.3) is 0 Å². The quantitative estimate of drug-likeness (QED) is 0.653. The van der Waals surface area contributed by atoms with E-state index in [0.29, 0.717) is 5.41 Å². The second-order valence-corrected chi connectivity index (χ2v) is 6.80. The molecule has 1 saturated carbocycles. The standard InChI is InChI=1S/C16H32O/c1-5-7-8-11-16(17)12-9-14(10-13-16)15(3,4)6-2/h14,17H,5-13H2,1-4H3. The van der Waals surface area contributed by atoms with Gasteiger partial charge in [-0.05, 0) is 43.4 Å². The summed E-state index contributed by atoms with van der Waals surface area (Å²) in [6, 6.07) is 0. The van der Waals surface area contributed by atoms with Gasteiger partial charge in [0.2, 0.25) is 0 Å². The van der Waals surface area contributed by atoms with E-state index in [1.165, 1.54) is 38.5 Å². The van der Waals surface area contributed by atoms with Gasteiger partial charge in [0.15, 0.2) is 0 Å². The molecular weight excluding hydrogens is 208 g/mol. The predicted molar refractivity (Wildman–Crippen MR) is 75.1 cm³/mol. The van der Waals surface area contributed by atoms with Gasteiger partial charge in [-0.1, -0.05) is 53.4 Å². The molecule has 0 bridgehead atoms. The molecule has 0 atom stereocenters. The minimum Gasteiger partial charge on any atom is -0.390 e. The van der Waals surface area contributed by atoms with Crippen molar-refractivity contribution >= 4 is 0 Å². The first kappa shape index (κ1) is 15.0. The molecular formula is C16H32O. The molecule has 0 aliphatic heterocycles. The average molecular weight is 240 g/mol. The van der Waals surface area contributed by atoms with Gasteiger partial charge in [0.25, 0.3) is 0 Å². The van der Waals surface area contributed by atoms with Crippen LogP contribution >= 0.6 is 0 Å². The van der Waals surface area contributed by atoms with Crippen LogP contribution in [0.2, 0.25) is 0 Å². The molecule has 0 aromatic heterocycles. The Morgan fingerprint density at radius 1 is 1.12 bits per heavy atom. The van der Waals surface area contributed by atoms with E-state index in [0.717, 1.165) is 25.2 Å². The minimum atomic E-state index is -0.324. The van der Waals surface area contributed by atoms with Gasteiger partial charge in [-0.25, -0.2) is 0 Å². The van der Waals surface area contributed by atoms with E-state index in [4.69, 9.17) is 0 Å². The molecule has 17 heavy (non-hydrogen) atoms. The van der Waals surface area contributed by atoms with E-state index in [1.54, 1.807) is 0 Å². The van der Waals surface area contributed by atoms with Crippen molar-refractivity contribution in [2.24, 2.45) is 11.3 Å².